The number of ether oxygens (including phenoxy) is 4. The number of amides is 5. The summed E-state index contributed by atoms with van der Waals surface area (Å²) in [5.74, 6) is 3.34. The molecule has 3 aromatic carbocycles. The third-order valence-electron chi connectivity index (χ3n) is 21.8. The summed E-state index contributed by atoms with van der Waals surface area (Å²) >= 11 is 3.55. The van der Waals surface area contributed by atoms with Gasteiger partial charge in [0.15, 0.2) is 12.6 Å². The van der Waals surface area contributed by atoms with Gasteiger partial charge in [-0.15, -0.1) is 5.54 Å². The van der Waals surface area contributed by atoms with Crippen LogP contribution in [0.2, 0.25) is 16.6 Å². The number of halogens is 3. The van der Waals surface area contributed by atoms with Gasteiger partial charge >= 0.3 is 18.1 Å². The Kier molecular flexibility index (Phi) is 19.5. The number of hydrogen-bond acceptors (Lipinski definition) is 14. The van der Waals surface area contributed by atoms with E-state index in [0.29, 0.717) is 104 Å². The molecule has 18 nitrogen and oxygen atoms in total. The van der Waals surface area contributed by atoms with E-state index in [1.54, 1.807) is 42.6 Å². The molecule has 2 aromatic heterocycles. The van der Waals surface area contributed by atoms with Gasteiger partial charge in [0, 0.05) is 118 Å². The summed E-state index contributed by atoms with van der Waals surface area (Å²) in [6.45, 7) is 27.7. The highest BCUT2D eigenvalue weighted by molar-refractivity contribution is 9.10. The van der Waals surface area contributed by atoms with E-state index in [4.69, 9.17) is 33.9 Å². The predicted molar refractivity (Wildman–Crippen MR) is 367 cm³/mol. The van der Waals surface area contributed by atoms with Gasteiger partial charge in [0.1, 0.15) is 42.3 Å². The van der Waals surface area contributed by atoms with Gasteiger partial charge < -0.3 is 38.5 Å². The Morgan fingerprint density at radius 1 is 0.819 bits per heavy atom. The number of pyridine rings is 1. The molecule has 5 aliphatic heterocycles. The lowest BCUT2D eigenvalue weighted by molar-refractivity contribution is -0.120. The summed E-state index contributed by atoms with van der Waals surface area (Å²) in [5, 5.41) is 3.80. The minimum atomic E-state index is -2.36. The lowest BCUT2D eigenvalue weighted by Crippen LogP contribution is -2.57. The molecule has 2 atom stereocenters. The van der Waals surface area contributed by atoms with Crippen molar-refractivity contribution < 1.29 is 46.9 Å². The van der Waals surface area contributed by atoms with Crippen LogP contribution >= 0.6 is 15.9 Å². The highest BCUT2D eigenvalue weighted by atomic mass is 79.9. The molecule has 2 saturated carbocycles. The molecule has 7 heterocycles. The molecule has 2 aliphatic carbocycles. The van der Waals surface area contributed by atoms with Gasteiger partial charge in [-0.05, 0) is 171 Å². The second-order valence-corrected chi connectivity index (χ2v) is 36.3. The van der Waals surface area contributed by atoms with Gasteiger partial charge in [0.05, 0.1) is 35.3 Å². The third kappa shape index (κ3) is 13.9. The normalized spacial score (nSPS) is 21.2. The number of piperidine rings is 1. The van der Waals surface area contributed by atoms with Gasteiger partial charge in [0.25, 0.3) is 5.91 Å². The Hall–Kier alpha value is -6.51. The zero-order valence-corrected chi connectivity index (χ0v) is 59.1. The molecule has 2 unspecified atom stereocenters. The zero-order valence-electron chi connectivity index (χ0n) is 56.5. The Morgan fingerprint density at radius 3 is 2.14 bits per heavy atom. The zero-order chi connectivity index (χ0) is 66.6. The number of anilines is 2. The van der Waals surface area contributed by atoms with E-state index in [1.807, 2.05) is 30.6 Å². The van der Waals surface area contributed by atoms with Crippen LogP contribution in [0.4, 0.5) is 29.9 Å². The number of carbonyl (C=O) groups excluding carboxylic acids is 4. The number of urea groups is 1. The average molecular weight is 1370 g/mol. The Morgan fingerprint density at radius 2 is 1.50 bits per heavy atom. The fraction of sp³-hybridized carbons (Fsp3) is 0.597. The van der Waals surface area contributed by atoms with Gasteiger partial charge in [-0.1, -0.05) is 53.5 Å². The summed E-state index contributed by atoms with van der Waals surface area (Å²) in [5.41, 5.74) is 5.67. The minimum Gasteiger partial charge on any atom is -0.468 e. The van der Waals surface area contributed by atoms with Crippen LogP contribution in [0.25, 0.3) is 32.9 Å². The summed E-state index contributed by atoms with van der Waals surface area (Å²) in [6, 6.07) is 11.2. The average Bonchev–Trinajstić information content (AvgIpc) is 1.11. The van der Waals surface area contributed by atoms with Crippen LogP contribution in [0.1, 0.15) is 149 Å². The molecule has 94 heavy (non-hydrogen) atoms. The predicted octanol–water partition coefficient (Wildman–Crippen LogP) is 13.4. The fourth-order valence-electron chi connectivity index (χ4n) is 16.4. The number of methoxy groups -OCH3 is 1. The molecule has 5 amide bonds. The number of piperazine rings is 2. The van der Waals surface area contributed by atoms with Gasteiger partial charge in [-0.3, -0.25) is 29.7 Å². The Bertz CT molecular complexity index is 3730. The number of nitrogens with one attached hydrogen (secondary N) is 1. The van der Waals surface area contributed by atoms with Crippen LogP contribution in [0, 0.1) is 39.8 Å². The molecule has 5 saturated heterocycles. The fourth-order valence-corrected chi connectivity index (χ4v) is 22.1. The van der Waals surface area contributed by atoms with E-state index in [9.17, 15) is 19.2 Å². The molecule has 0 radical (unpaired) electrons. The number of nitrogens with zero attached hydrogens (tertiary/aromatic N) is 9. The van der Waals surface area contributed by atoms with E-state index in [-0.39, 0.29) is 83.4 Å². The van der Waals surface area contributed by atoms with E-state index in [1.165, 1.54) is 43.8 Å². The number of hydrogen-bond donors (Lipinski definition) is 1. The number of carbonyl (C=O) groups is 4. The van der Waals surface area contributed by atoms with Crippen LogP contribution < -0.4 is 24.6 Å². The van der Waals surface area contributed by atoms with Crippen molar-refractivity contribution >= 4 is 81.1 Å². The maximum absolute atomic E-state index is 18.3. The lowest BCUT2D eigenvalue weighted by Gasteiger charge is -2.47. The molecule has 504 valence electrons. The topological polar surface area (TPSA) is 175 Å². The minimum absolute atomic E-state index is 0.0187. The quantitative estimate of drug-likeness (QED) is 0.0529. The number of benzene rings is 3. The summed E-state index contributed by atoms with van der Waals surface area (Å²) in [6.07, 6.45) is 11.7. The van der Waals surface area contributed by atoms with Gasteiger partial charge in [0.2, 0.25) is 5.91 Å². The van der Waals surface area contributed by atoms with Crippen molar-refractivity contribution in [2.75, 3.05) is 102 Å². The number of imide groups is 1. The van der Waals surface area contributed by atoms with E-state index in [0.717, 1.165) is 77.8 Å². The first kappa shape index (κ1) is 67.5. The molecular formula is C72H93BrF2N10O8Si. The molecule has 22 heteroatoms. The van der Waals surface area contributed by atoms with Crippen molar-refractivity contribution in [3.8, 4) is 34.5 Å². The second-order valence-electron chi connectivity index (χ2n) is 29.9. The highest BCUT2D eigenvalue weighted by Gasteiger charge is 2.48. The van der Waals surface area contributed by atoms with Crippen molar-refractivity contribution in [3.63, 3.8) is 0 Å². The van der Waals surface area contributed by atoms with Crippen molar-refractivity contribution in [2.24, 2.45) is 16.7 Å². The number of rotatable bonds is 17. The largest absolute Gasteiger partial charge is 0.468 e. The molecule has 1 spiro atoms. The smallest absolute Gasteiger partial charge is 0.410 e. The summed E-state index contributed by atoms with van der Waals surface area (Å²) in [7, 11) is -0.830. The summed E-state index contributed by atoms with van der Waals surface area (Å²) in [4.78, 5) is 79.6. The Balaban J connectivity index is 0.737. The molecule has 1 N–H and O–H groups in total. The van der Waals surface area contributed by atoms with Crippen molar-refractivity contribution in [1.82, 2.24) is 39.9 Å². The van der Waals surface area contributed by atoms with Gasteiger partial charge in [-0.2, -0.15) is 9.97 Å². The molecule has 7 fully saturated rings. The van der Waals surface area contributed by atoms with Crippen molar-refractivity contribution in [3.05, 3.63) is 75.9 Å². The van der Waals surface area contributed by atoms with E-state index >= 15 is 8.78 Å². The first-order valence-corrected chi connectivity index (χ1v) is 37.2. The second kappa shape index (κ2) is 27.2. The van der Waals surface area contributed by atoms with Crippen LogP contribution in [0.5, 0.6) is 11.8 Å². The molecule has 2 bridgehead atoms. The first-order valence-electron chi connectivity index (χ1n) is 34.2. The molecule has 7 aliphatic rings. The van der Waals surface area contributed by atoms with Crippen molar-refractivity contribution in [2.45, 2.75) is 167 Å². The SMILES string of the molecule is COCOc1cc(-c2ncc3c(N4CC5CCC(C4)N5C(=O)OC(C)(C)C)nc(OCC4(CN5CCN(CC6CCC7(CC6)CCN(C(=O)c6ccc(Br)c(N8CCC(=O)NC8=O)c6)CC7)CC5)CC4)nc3c2F)c2c(C#C[Si](C(C)C)(C(C)C)C(C)C)c(F)ccc2c1. The van der Waals surface area contributed by atoms with Gasteiger partial charge in [-0.25, -0.2) is 18.4 Å². The summed E-state index contributed by atoms with van der Waals surface area (Å²) < 4.78 is 59.6. The van der Waals surface area contributed by atoms with Crippen molar-refractivity contribution in [1.29, 1.82) is 0 Å². The first-order chi connectivity index (χ1) is 44.9. The lowest BCUT2D eigenvalue weighted by atomic mass is 9.65. The monoisotopic (exact) mass is 1370 g/mol. The standard InChI is InChI=1S/C72H93BrF2N10O8Si/c1-45(2)94(46(3)4,47(5)6)34-20-54-58(74)16-12-49-35-53(92-44-90-10)37-55(61(49)54)63-62(75)64-56(38-76-63)65(83-40-51-13-14-52(41-83)85(51)69(89)93-70(7,8)9)79-67(78-64)91-43-72(23-24-72)42-81-32-30-80(31-33-81)39-48-17-21-71(22-18-48)25-28-82(29-26-71)66(87)50-11-15-57(73)59(36-50)84-27-19-60(86)77-68(84)88/h11-12,15-16,35-38,45-48,51-52H,13-14,17-19,21-33,39-44H2,1-10H3,(H,77,86,88). The molecular weight excluding hydrogens is 1280 g/mol. The molecule has 12 rings (SSSR count). The van der Waals surface area contributed by atoms with E-state index in [2.05, 4.69) is 89.0 Å². The van der Waals surface area contributed by atoms with Crippen LogP contribution in [0.3, 0.4) is 0 Å². The maximum Gasteiger partial charge on any atom is 0.410 e. The van der Waals surface area contributed by atoms with E-state index < -0.39 is 31.3 Å². The Labute approximate surface area is 561 Å². The number of aromatic nitrogens is 3. The van der Waals surface area contributed by atoms with Crippen LogP contribution in [0.15, 0.2) is 53.1 Å². The number of likely N-dealkylation sites (tertiary alicyclic amines) is 1. The molecule has 5 aromatic rings. The maximum atomic E-state index is 18.3. The van der Waals surface area contributed by atoms with Crippen LogP contribution in [-0.4, -0.2) is 177 Å². The highest BCUT2D eigenvalue weighted by Crippen LogP contribution is 2.50. The van der Waals surface area contributed by atoms with Crippen LogP contribution in [-0.2, 0) is 14.3 Å². The third-order valence-corrected chi connectivity index (χ3v) is 28.7. The number of fused-ring (bicyclic) bond motifs is 4.